The van der Waals surface area contributed by atoms with Crippen LogP contribution in [0.4, 0.5) is 0 Å². The summed E-state index contributed by atoms with van der Waals surface area (Å²) in [7, 11) is 0. The monoisotopic (exact) mass is 336 g/mol. The lowest BCUT2D eigenvalue weighted by molar-refractivity contribution is 0.533. The molecule has 0 aromatic heterocycles. The highest BCUT2D eigenvalue weighted by molar-refractivity contribution is 4.81. The molecule has 0 aliphatic rings. The van der Waals surface area contributed by atoms with Gasteiger partial charge in [-0.2, -0.15) is 0 Å². The fourth-order valence-electron chi connectivity index (χ4n) is 3.38. The van der Waals surface area contributed by atoms with Crippen molar-refractivity contribution in [2.24, 2.45) is 0 Å². The van der Waals surface area contributed by atoms with Crippen LogP contribution in [0.25, 0.3) is 0 Å². The van der Waals surface area contributed by atoms with Crippen LogP contribution in [0, 0.1) is 0 Å². The van der Waals surface area contributed by atoms with Gasteiger partial charge in [-0.25, -0.2) is 0 Å². The van der Waals surface area contributed by atoms with Crippen molar-refractivity contribution < 1.29 is 0 Å². The topological polar surface area (TPSA) is 0 Å². The minimum absolute atomic E-state index is 1.30. The Bertz CT molecular complexity index is 228. The Morgan fingerprint density at radius 2 is 0.583 bits per heavy atom. The van der Waals surface area contributed by atoms with E-state index in [1.807, 2.05) is 0 Å². The van der Waals surface area contributed by atoms with E-state index >= 15 is 0 Å². The third-order valence-electron chi connectivity index (χ3n) is 5.12. The molecule has 0 aliphatic carbocycles. The van der Waals surface area contributed by atoms with E-state index in [1.165, 1.54) is 128 Å². The predicted octanol–water partition coefficient (Wildman–Crippen LogP) is 9.38. The van der Waals surface area contributed by atoms with Crippen LogP contribution in [0.5, 0.6) is 0 Å². The van der Waals surface area contributed by atoms with E-state index in [4.69, 9.17) is 0 Å². The quantitative estimate of drug-likeness (QED) is 0.153. The summed E-state index contributed by atoms with van der Waals surface area (Å²) >= 11 is 0. The maximum absolute atomic E-state index is 2.41. The third-order valence-corrected chi connectivity index (χ3v) is 5.12. The summed E-state index contributed by atoms with van der Waals surface area (Å²) in [5.74, 6) is 0. The van der Waals surface area contributed by atoms with Crippen molar-refractivity contribution in [2.45, 2.75) is 142 Å². The van der Waals surface area contributed by atoms with Crippen molar-refractivity contribution in [3.05, 3.63) is 12.2 Å². The van der Waals surface area contributed by atoms with Gasteiger partial charge in [0.15, 0.2) is 0 Å². The van der Waals surface area contributed by atoms with Crippen molar-refractivity contribution in [3.8, 4) is 0 Å². The van der Waals surface area contributed by atoms with Gasteiger partial charge >= 0.3 is 0 Å². The molecule has 0 aromatic carbocycles. The molecule has 0 rings (SSSR count). The van der Waals surface area contributed by atoms with Gasteiger partial charge in [-0.3, -0.25) is 0 Å². The summed E-state index contributed by atoms with van der Waals surface area (Å²) in [6, 6.07) is 0. The molecule has 0 aliphatic heterocycles. The molecule has 0 unspecified atom stereocenters. The SMILES string of the molecule is CCCCC/C=C/CCCCCCCCCCCCCCCCC. The van der Waals surface area contributed by atoms with Gasteiger partial charge in [0.25, 0.3) is 0 Å². The Morgan fingerprint density at radius 1 is 0.333 bits per heavy atom. The van der Waals surface area contributed by atoms with Crippen LogP contribution >= 0.6 is 0 Å². The smallest absolute Gasteiger partial charge is 0.0351 e. The zero-order valence-electron chi connectivity index (χ0n) is 17.3. The van der Waals surface area contributed by atoms with Gasteiger partial charge in [-0.15, -0.1) is 0 Å². The maximum atomic E-state index is 2.41. The molecule has 0 heterocycles. The van der Waals surface area contributed by atoms with Gasteiger partial charge in [0.2, 0.25) is 0 Å². The summed E-state index contributed by atoms with van der Waals surface area (Å²) in [5, 5.41) is 0. The van der Waals surface area contributed by atoms with Gasteiger partial charge in [-0.1, -0.05) is 129 Å². The number of rotatable bonds is 20. The van der Waals surface area contributed by atoms with E-state index in [-0.39, 0.29) is 0 Å². The molecular formula is C24H48. The lowest BCUT2D eigenvalue weighted by atomic mass is 10.0. The fraction of sp³-hybridized carbons (Fsp3) is 0.917. The second kappa shape index (κ2) is 22.7. The predicted molar refractivity (Wildman–Crippen MR) is 113 cm³/mol. The van der Waals surface area contributed by atoms with Crippen LogP contribution in [-0.2, 0) is 0 Å². The second-order valence-corrected chi connectivity index (χ2v) is 7.71. The van der Waals surface area contributed by atoms with Gasteiger partial charge in [-0.05, 0) is 25.7 Å². The van der Waals surface area contributed by atoms with Crippen molar-refractivity contribution >= 4 is 0 Å². The lowest BCUT2D eigenvalue weighted by Crippen LogP contribution is -1.83. The van der Waals surface area contributed by atoms with Crippen molar-refractivity contribution in [1.82, 2.24) is 0 Å². The van der Waals surface area contributed by atoms with Crippen LogP contribution in [0.1, 0.15) is 142 Å². The van der Waals surface area contributed by atoms with Gasteiger partial charge < -0.3 is 0 Å². The Labute approximate surface area is 154 Å². The van der Waals surface area contributed by atoms with E-state index in [0.717, 1.165) is 0 Å². The molecule has 0 amide bonds. The highest BCUT2D eigenvalue weighted by Crippen LogP contribution is 2.13. The average Bonchev–Trinajstić information content (AvgIpc) is 2.60. The van der Waals surface area contributed by atoms with E-state index in [9.17, 15) is 0 Å². The summed E-state index contributed by atoms with van der Waals surface area (Å²) in [6.07, 6.45) is 33.4. The minimum atomic E-state index is 1.30. The van der Waals surface area contributed by atoms with Crippen LogP contribution in [0.3, 0.4) is 0 Å². The first-order valence-corrected chi connectivity index (χ1v) is 11.6. The number of unbranched alkanes of at least 4 members (excludes halogenated alkanes) is 18. The average molecular weight is 337 g/mol. The van der Waals surface area contributed by atoms with E-state index in [0.29, 0.717) is 0 Å². The summed E-state index contributed by atoms with van der Waals surface area (Å²) in [6.45, 7) is 4.58. The summed E-state index contributed by atoms with van der Waals surface area (Å²) in [4.78, 5) is 0. The highest BCUT2D eigenvalue weighted by Gasteiger charge is 1.94. The standard InChI is InChI=1S/C24H48/c1-3-5-7-9-11-13-15-17-19-21-23-24-22-20-18-16-14-12-10-8-6-4-2/h11,13H,3-10,12,14-24H2,1-2H3/b13-11+. The van der Waals surface area contributed by atoms with Gasteiger partial charge in [0, 0.05) is 0 Å². The molecular weight excluding hydrogens is 288 g/mol. The first-order valence-electron chi connectivity index (χ1n) is 11.6. The Balaban J connectivity index is 3.00. The normalized spacial score (nSPS) is 11.6. The molecule has 0 saturated heterocycles. The number of hydrogen-bond donors (Lipinski definition) is 0. The first-order chi connectivity index (χ1) is 11.9. The molecule has 0 nitrogen and oxygen atoms in total. The molecule has 0 radical (unpaired) electrons. The van der Waals surface area contributed by atoms with Crippen molar-refractivity contribution in [3.63, 3.8) is 0 Å². The molecule has 0 heteroatoms. The summed E-state index contributed by atoms with van der Waals surface area (Å²) in [5.41, 5.74) is 0. The molecule has 0 N–H and O–H groups in total. The number of hydrogen-bond acceptors (Lipinski definition) is 0. The molecule has 0 atom stereocenters. The third kappa shape index (κ3) is 21.7. The fourth-order valence-corrected chi connectivity index (χ4v) is 3.38. The van der Waals surface area contributed by atoms with E-state index < -0.39 is 0 Å². The largest absolute Gasteiger partial charge is 0.0885 e. The zero-order chi connectivity index (χ0) is 17.6. The molecule has 144 valence electrons. The molecule has 0 bridgehead atoms. The molecule has 0 fully saturated rings. The first kappa shape index (κ1) is 23.7. The lowest BCUT2D eigenvalue weighted by Gasteiger charge is -2.03. The second-order valence-electron chi connectivity index (χ2n) is 7.71. The minimum Gasteiger partial charge on any atom is -0.0885 e. The Morgan fingerprint density at radius 3 is 0.958 bits per heavy atom. The number of allylic oxidation sites excluding steroid dienone is 2. The molecule has 0 aromatic rings. The van der Waals surface area contributed by atoms with Gasteiger partial charge in [0.1, 0.15) is 0 Å². The van der Waals surface area contributed by atoms with E-state index in [2.05, 4.69) is 26.0 Å². The zero-order valence-corrected chi connectivity index (χ0v) is 17.3. The van der Waals surface area contributed by atoms with Crippen LogP contribution < -0.4 is 0 Å². The Hall–Kier alpha value is -0.260. The maximum Gasteiger partial charge on any atom is -0.0351 e. The molecule has 24 heavy (non-hydrogen) atoms. The Kier molecular flexibility index (Phi) is 22.5. The van der Waals surface area contributed by atoms with E-state index in [1.54, 1.807) is 0 Å². The van der Waals surface area contributed by atoms with Crippen LogP contribution in [0.2, 0.25) is 0 Å². The van der Waals surface area contributed by atoms with Crippen LogP contribution in [0.15, 0.2) is 12.2 Å². The van der Waals surface area contributed by atoms with Gasteiger partial charge in [0.05, 0.1) is 0 Å². The van der Waals surface area contributed by atoms with Crippen molar-refractivity contribution in [2.75, 3.05) is 0 Å². The summed E-state index contributed by atoms with van der Waals surface area (Å²) < 4.78 is 0. The highest BCUT2D eigenvalue weighted by atomic mass is 14.0. The van der Waals surface area contributed by atoms with Crippen molar-refractivity contribution in [1.29, 1.82) is 0 Å². The molecule has 0 saturated carbocycles. The molecule has 0 spiro atoms. The van der Waals surface area contributed by atoms with Crippen LogP contribution in [-0.4, -0.2) is 0 Å².